The van der Waals surface area contributed by atoms with E-state index in [2.05, 4.69) is 34.9 Å². The van der Waals surface area contributed by atoms with Crippen LogP contribution in [0.3, 0.4) is 0 Å². The third kappa shape index (κ3) is 4.17. The van der Waals surface area contributed by atoms with Crippen LogP contribution in [0.1, 0.15) is 68.9 Å². The first kappa shape index (κ1) is 23.4. The van der Waals surface area contributed by atoms with E-state index in [1.807, 2.05) is 31.2 Å². The maximum Gasteiger partial charge on any atom is 0.407 e. The average molecular weight is 477 g/mol. The van der Waals surface area contributed by atoms with Crippen molar-refractivity contribution in [3.8, 4) is 11.1 Å². The second-order valence-electron chi connectivity index (χ2n) is 10.3. The van der Waals surface area contributed by atoms with Crippen LogP contribution in [0.2, 0.25) is 0 Å². The molecule has 0 radical (unpaired) electrons. The Morgan fingerprint density at radius 1 is 0.943 bits per heavy atom. The number of benzene rings is 2. The molecule has 35 heavy (non-hydrogen) atoms. The van der Waals surface area contributed by atoms with E-state index in [1.54, 1.807) is 0 Å². The summed E-state index contributed by atoms with van der Waals surface area (Å²) < 4.78 is 5.62. The highest BCUT2D eigenvalue weighted by molar-refractivity contribution is 5.86. The lowest BCUT2D eigenvalue weighted by atomic mass is 9.57. The molecule has 0 aromatic heterocycles. The Labute approximate surface area is 205 Å². The van der Waals surface area contributed by atoms with Crippen molar-refractivity contribution in [2.24, 2.45) is 5.41 Å². The quantitative estimate of drug-likeness (QED) is 0.542. The number of rotatable bonds is 7. The number of ether oxygens (including phenoxy) is 1. The summed E-state index contributed by atoms with van der Waals surface area (Å²) in [7, 11) is 0. The van der Waals surface area contributed by atoms with Crippen molar-refractivity contribution >= 4 is 18.0 Å². The number of carboxylic acid groups (broad SMARTS) is 1. The van der Waals surface area contributed by atoms with Gasteiger partial charge < -0.3 is 20.5 Å². The Balaban J connectivity index is 1.19. The molecule has 2 bridgehead atoms. The minimum Gasteiger partial charge on any atom is -0.481 e. The summed E-state index contributed by atoms with van der Waals surface area (Å²) in [5.74, 6) is -0.994. The van der Waals surface area contributed by atoms with E-state index in [-0.39, 0.29) is 24.0 Å². The molecule has 7 heteroatoms. The van der Waals surface area contributed by atoms with Crippen LogP contribution in [0.5, 0.6) is 0 Å². The lowest BCUT2D eigenvalue weighted by Crippen LogP contribution is -2.61. The first-order chi connectivity index (χ1) is 16.9. The summed E-state index contributed by atoms with van der Waals surface area (Å²) in [4.78, 5) is 37.4. The molecule has 0 aliphatic heterocycles. The number of carboxylic acids is 1. The Bertz CT molecular complexity index is 1090. The van der Waals surface area contributed by atoms with Crippen molar-refractivity contribution in [2.75, 3.05) is 6.61 Å². The molecule has 184 valence electrons. The highest BCUT2D eigenvalue weighted by Gasteiger charge is 2.53. The normalized spacial score (nSPS) is 25.3. The Morgan fingerprint density at radius 2 is 1.49 bits per heavy atom. The second kappa shape index (κ2) is 9.02. The van der Waals surface area contributed by atoms with E-state index in [0.717, 1.165) is 22.3 Å². The zero-order valence-corrected chi connectivity index (χ0v) is 20.0. The number of alkyl carbamates (subject to hydrolysis) is 1. The summed E-state index contributed by atoms with van der Waals surface area (Å²) in [5.41, 5.74) is 3.60. The lowest BCUT2D eigenvalue weighted by molar-refractivity contribution is -0.157. The monoisotopic (exact) mass is 476 g/mol. The van der Waals surface area contributed by atoms with Crippen LogP contribution in [0.4, 0.5) is 4.79 Å². The van der Waals surface area contributed by atoms with Gasteiger partial charge in [-0.3, -0.25) is 9.59 Å². The van der Waals surface area contributed by atoms with Crippen molar-refractivity contribution in [1.29, 1.82) is 0 Å². The summed E-state index contributed by atoms with van der Waals surface area (Å²) in [5, 5.41) is 15.5. The first-order valence-corrected chi connectivity index (χ1v) is 12.5. The van der Waals surface area contributed by atoms with Crippen molar-refractivity contribution in [3.05, 3.63) is 59.7 Å². The molecule has 3 N–H and O–H groups in total. The van der Waals surface area contributed by atoms with Gasteiger partial charge in [-0.1, -0.05) is 55.5 Å². The number of fused-ring (bicyclic) bond motifs is 6. The van der Waals surface area contributed by atoms with Gasteiger partial charge in [-0.25, -0.2) is 4.79 Å². The number of carbonyl (C=O) groups is 3. The van der Waals surface area contributed by atoms with Gasteiger partial charge in [0.05, 0.1) is 5.41 Å². The molecule has 0 heterocycles. The molecule has 4 aliphatic rings. The fourth-order valence-corrected chi connectivity index (χ4v) is 6.18. The lowest BCUT2D eigenvalue weighted by Gasteiger charge is -2.51. The topological polar surface area (TPSA) is 105 Å². The number of nitrogens with one attached hydrogen (secondary N) is 2. The summed E-state index contributed by atoms with van der Waals surface area (Å²) in [6.45, 7) is 2.04. The molecular weight excluding hydrogens is 444 g/mol. The molecule has 2 aromatic carbocycles. The predicted molar refractivity (Wildman–Crippen MR) is 131 cm³/mol. The number of carbonyl (C=O) groups excluding carboxylic acids is 2. The molecule has 2 aromatic rings. The molecule has 1 atom stereocenters. The standard InChI is InChI=1S/C28H32N2O5/c1-2-23(24(31)30-28-14-11-27(12-15-28,13-16-28)25(32)33)29-26(34)35-17-22-20-9-5-3-7-18(20)19-8-4-6-10-21(19)22/h3-10,22-23H,2,11-17H2,1H3,(H,29,34)(H,30,31)(H,32,33)/t23-,27?,28?/m0/s1. The number of amides is 2. The highest BCUT2D eigenvalue weighted by Crippen LogP contribution is 2.52. The number of hydrogen-bond donors (Lipinski definition) is 3. The molecule has 2 amide bonds. The van der Waals surface area contributed by atoms with E-state index in [0.29, 0.717) is 44.9 Å². The van der Waals surface area contributed by atoms with Crippen LogP contribution in [-0.2, 0) is 14.3 Å². The highest BCUT2D eigenvalue weighted by atomic mass is 16.5. The van der Waals surface area contributed by atoms with Gasteiger partial charge in [0.25, 0.3) is 0 Å². The maximum absolute atomic E-state index is 13.1. The molecule has 3 fully saturated rings. The minimum atomic E-state index is -0.722. The van der Waals surface area contributed by atoms with Crippen LogP contribution in [-0.4, -0.2) is 41.3 Å². The molecule has 6 rings (SSSR count). The maximum atomic E-state index is 13.1. The zero-order valence-electron chi connectivity index (χ0n) is 20.0. The van der Waals surface area contributed by atoms with E-state index < -0.39 is 23.5 Å². The minimum absolute atomic E-state index is 0.0417. The number of aliphatic carboxylic acids is 1. The fraction of sp³-hybridized carbons (Fsp3) is 0.464. The van der Waals surface area contributed by atoms with Gasteiger partial charge in [0.15, 0.2) is 0 Å². The molecule has 3 saturated carbocycles. The third-order valence-electron chi connectivity index (χ3n) is 8.45. The van der Waals surface area contributed by atoms with Gasteiger partial charge >= 0.3 is 12.1 Å². The van der Waals surface area contributed by atoms with Gasteiger partial charge in [-0.05, 0) is 67.2 Å². The summed E-state index contributed by atoms with van der Waals surface area (Å²) in [6.07, 6.45) is 3.55. The number of hydrogen-bond acceptors (Lipinski definition) is 4. The van der Waals surface area contributed by atoms with Crippen LogP contribution in [0, 0.1) is 5.41 Å². The SMILES string of the molecule is CC[C@H](NC(=O)OCC1c2ccccc2-c2ccccc21)C(=O)NC12CCC(C(=O)O)(CC1)CC2. The average Bonchev–Trinajstić information content (AvgIpc) is 3.20. The third-order valence-corrected chi connectivity index (χ3v) is 8.45. The van der Waals surface area contributed by atoms with Crippen LogP contribution < -0.4 is 10.6 Å². The van der Waals surface area contributed by atoms with Gasteiger partial charge in [-0.2, -0.15) is 0 Å². The fourth-order valence-electron chi connectivity index (χ4n) is 6.18. The van der Waals surface area contributed by atoms with Crippen molar-refractivity contribution in [3.63, 3.8) is 0 Å². The van der Waals surface area contributed by atoms with Crippen LogP contribution in [0.25, 0.3) is 11.1 Å². The molecular formula is C28H32N2O5. The predicted octanol–water partition coefficient (Wildman–Crippen LogP) is 4.60. The van der Waals surface area contributed by atoms with Crippen molar-refractivity contribution in [1.82, 2.24) is 10.6 Å². The van der Waals surface area contributed by atoms with Gasteiger partial charge in [0.2, 0.25) is 5.91 Å². The molecule has 0 unspecified atom stereocenters. The Kier molecular flexibility index (Phi) is 6.03. The van der Waals surface area contributed by atoms with E-state index in [9.17, 15) is 19.5 Å². The molecule has 4 aliphatic carbocycles. The Morgan fingerprint density at radius 3 is 2.00 bits per heavy atom. The van der Waals surface area contributed by atoms with Crippen LogP contribution in [0.15, 0.2) is 48.5 Å². The summed E-state index contributed by atoms with van der Waals surface area (Å²) in [6, 6.07) is 15.6. The van der Waals surface area contributed by atoms with Crippen molar-refractivity contribution in [2.45, 2.75) is 69.4 Å². The van der Waals surface area contributed by atoms with E-state index in [1.165, 1.54) is 0 Å². The van der Waals surface area contributed by atoms with Gasteiger partial charge in [-0.15, -0.1) is 0 Å². The largest absolute Gasteiger partial charge is 0.481 e. The Hall–Kier alpha value is -3.35. The smallest absolute Gasteiger partial charge is 0.407 e. The summed E-state index contributed by atoms with van der Waals surface area (Å²) >= 11 is 0. The van der Waals surface area contributed by atoms with Crippen molar-refractivity contribution < 1.29 is 24.2 Å². The van der Waals surface area contributed by atoms with Gasteiger partial charge in [0, 0.05) is 11.5 Å². The van der Waals surface area contributed by atoms with Gasteiger partial charge in [0.1, 0.15) is 12.6 Å². The molecule has 7 nitrogen and oxygen atoms in total. The van der Waals surface area contributed by atoms with E-state index >= 15 is 0 Å². The van der Waals surface area contributed by atoms with Crippen LogP contribution >= 0.6 is 0 Å². The molecule has 0 saturated heterocycles. The zero-order chi connectivity index (χ0) is 24.6. The second-order valence-corrected chi connectivity index (χ2v) is 10.3. The van der Waals surface area contributed by atoms with E-state index in [4.69, 9.17) is 4.74 Å². The first-order valence-electron chi connectivity index (χ1n) is 12.5. The molecule has 0 spiro atoms.